The van der Waals surface area contributed by atoms with Crippen molar-refractivity contribution in [2.75, 3.05) is 13.7 Å². The van der Waals surface area contributed by atoms with Gasteiger partial charge < -0.3 is 14.8 Å². The van der Waals surface area contributed by atoms with Crippen molar-refractivity contribution in [2.45, 2.75) is 71.1 Å². The van der Waals surface area contributed by atoms with E-state index < -0.39 is 0 Å². The minimum Gasteiger partial charge on any atom is -0.469 e. The zero-order valence-corrected chi connectivity index (χ0v) is 13.0. The molecule has 1 rings (SSSR count). The van der Waals surface area contributed by atoms with E-state index in [1.807, 2.05) is 6.92 Å². The van der Waals surface area contributed by atoms with E-state index in [1.54, 1.807) is 0 Å². The van der Waals surface area contributed by atoms with Crippen LogP contribution in [-0.2, 0) is 14.3 Å². The molecule has 4 heteroatoms. The van der Waals surface area contributed by atoms with Crippen LogP contribution in [0.4, 0.5) is 0 Å². The summed E-state index contributed by atoms with van der Waals surface area (Å²) in [5.41, 5.74) is 0.0180. The molecule has 19 heavy (non-hydrogen) atoms. The monoisotopic (exact) mass is 271 g/mol. The summed E-state index contributed by atoms with van der Waals surface area (Å²) in [5.74, 6) is -0.269. The Labute approximate surface area is 117 Å². The van der Waals surface area contributed by atoms with Gasteiger partial charge in [0.15, 0.2) is 0 Å². The fourth-order valence-corrected chi connectivity index (χ4v) is 2.82. The molecular formula is C15H29NO3. The Kier molecular flexibility index (Phi) is 6.27. The molecule has 3 unspecified atom stereocenters. The van der Waals surface area contributed by atoms with Crippen LogP contribution in [0.25, 0.3) is 0 Å². The lowest BCUT2D eigenvalue weighted by molar-refractivity contribution is -0.146. The SMILES string of the molecule is CCC1(CC)CC(NC(C)C(C)C(=O)OC)CCO1. The quantitative estimate of drug-likeness (QED) is 0.754. The number of esters is 1. The van der Waals surface area contributed by atoms with Crippen LogP contribution in [0.1, 0.15) is 53.4 Å². The van der Waals surface area contributed by atoms with Crippen LogP contribution in [0.2, 0.25) is 0 Å². The maximum Gasteiger partial charge on any atom is 0.309 e. The van der Waals surface area contributed by atoms with Crippen molar-refractivity contribution >= 4 is 5.97 Å². The summed E-state index contributed by atoms with van der Waals surface area (Å²) in [4.78, 5) is 11.5. The summed E-state index contributed by atoms with van der Waals surface area (Å²) in [6.45, 7) is 9.14. The number of nitrogens with one attached hydrogen (secondary N) is 1. The van der Waals surface area contributed by atoms with Crippen LogP contribution >= 0.6 is 0 Å². The summed E-state index contributed by atoms with van der Waals surface area (Å²) in [7, 11) is 1.44. The molecule has 0 aromatic carbocycles. The molecule has 0 saturated carbocycles. The predicted molar refractivity (Wildman–Crippen MR) is 76.1 cm³/mol. The van der Waals surface area contributed by atoms with Gasteiger partial charge in [-0.2, -0.15) is 0 Å². The van der Waals surface area contributed by atoms with E-state index in [4.69, 9.17) is 9.47 Å². The first-order valence-corrected chi connectivity index (χ1v) is 7.45. The molecule has 1 fully saturated rings. The van der Waals surface area contributed by atoms with Gasteiger partial charge in [-0.1, -0.05) is 20.8 Å². The standard InChI is InChI=1S/C15H29NO3/c1-6-15(7-2)10-13(8-9-19-15)16-12(4)11(3)14(17)18-5/h11-13,16H,6-10H2,1-5H3. The van der Waals surface area contributed by atoms with Crippen LogP contribution in [0.5, 0.6) is 0 Å². The van der Waals surface area contributed by atoms with E-state index in [9.17, 15) is 4.79 Å². The van der Waals surface area contributed by atoms with Gasteiger partial charge in [-0.15, -0.1) is 0 Å². The molecule has 1 heterocycles. The number of hydrogen-bond acceptors (Lipinski definition) is 4. The third-order valence-corrected chi connectivity index (χ3v) is 4.60. The highest BCUT2D eigenvalue weighted by atomic mass is 16.5. The summed E-state index contributed by atoms with van der Waals surface area (Å²) in [6, 6.07) is 0.553. The Hall–Kier alpha value is -0.610. The lowest BCUT2D eigenvalue weighted by atomic mass is 9.85. The van der Waals surface area contributed by atoms with E-state index in [0.717, 1.165) is 32.3 Å². The molecule has 3 atom stereocenters. The van der Waals surface area contributed by atoms with Crippen LogP contribution in [0.3, 0.4) is 0 Å². The molecule has 0 aromatic rings. The van der Waals surface area contributed by atoms with Crippen molar-refractivity contribution in [2.24, 2.45) is 5.92 Å². The van der Waals surface area contributed by atoms with Crippen LogP contribution in [-0.4, -0.2) is 37.4 Å². The first-order chi connectivity index (χ1) is 8.98. The van der Waals surface area contributed by atoms with Crippen LogP contribution in [0, 0.1) is 5.92 Å². The number of carbonyl (C=O) groups excluding carboxylic acids is 1. The van der Waals surface area contributed by atoms with E-state index in [-0.39, 0.29) is 23.5 Å². The van der Waals surface area contributed by atoms with Gasteiger partial charge in [0, 0.05) is 18.7 Å². The molecule has 0 radical (unpaired) electrons. The largest absolute Gasteiger partial charge is 0.469 e. The van der Waals surface area contributed by atoms with Crippen molar-refractivity contribution in [3.05, 3.63) is 0 Å². The molecular weight excluding hydrogens is 242 g/mol. The number of carbonyl (C=O) groups is 1. The summed E-state index contributed by atoms with van der Waals surface area (Å²) >= 11 is 0. The first kappa shape index (κ1) is 16.4. The normalized spacial score (nSPS) is 25.6. The van der Waals surface area contributed by atoms with Gasteiger partial charge >= 0.3 is 5.97 Å². The molecule has 0 aromatic heterocycles. The third kappa shape index (κ3) is 4.18. The average Bonchev–Trinajstić information content (AvgIpc) is 2.45. The van der Waals surface area contributed by atoms with Gasteiger partial charge in [-0.25, -0.2) is 0 Å². The van der Waals surface area contributed by atoms with Crippen molar-refractivity contribution < 1.29 is 14.3 Å². The minimum atomic E-state index is -0.149. The van der Waals surface area contributed by atoms with Crippen molar-refractivity contribution in [1.82, 2.24) is 5.32 Å². The minimum absolute atomic E-state index is 0.0180. The number of methoxy groups -OCH3 is 1. The highest BCUT2D eigenvalue weighted by Gasteiger charge is 2.35. The Balaban J connectivity index is 2.54. The fraction of sp³-hybridized carbons (Fsp3) is 0.933. The van der Waals surface area contributed by atoms with Gasteiger partial charge in [-0.3, -0.25) is 4.79 Å². The summed E-state index contributed by atoms with van der Waals surface area (Å²) < 4.78 is 10.8. The van der Waals surface area contributed by atoms with Gasteiger partial charge in [0.2, 0.25) is 0 Å². The molecule has 1 aliphatic heterocycles. The molecule has 1 aliphatic rings. The molecule has 112 valence electrons. The molecule has 0 amide bonds. The Morgan fingerprint density at radius 1 is 1.42 bits per heavy atom. The second-order valence-corrected chi connectivity index (χ2v) is 5.70. The molecule has 0 bridgehead atoms. The summed E-state index contributed by atoms with van der Waals surface area (Å²) in [5, 5.41) is 3.58. The predicted octanol–water partition coefficient (Wildman–Crippen LogP) is 2.51. The summed E-state index contributed by atoms with van der Waals surface area (Å²) in [6.07, 6.45) is 4.13. The fourth-order valence-electron chi connectivity index (χ4n) is 2.82. The lowest BCUT2D eigenvalue weighted by Gasteiger charge is -2.41. The smallest absolute Gasteiger partial charge is 0.309 e. The molecule has 1 N–H and O–H groups in total. The van der Waals surface area contributed by atoms with E-state index in [2.05, 4.69) is 26.1 Å². The van der Waals surface area contributed by atoms with Crippen LogP contribution < -0.4 is 5.32 Å². The zero-order chi connectivity index (χ0) is 14.5. The lowest BCUT2D eigenvalue weighted by Crippen LogP contribution is -2.50. The van der Waals surface area contributed by atoms with Crippen LogP contribution in [0.15, 0.2) is 0 Å². The average molecular weight is 271 g/mol. The molecule has 4 nitrogen and oxygen atoms in total. The van der Waals surface area contributed by atoms with Gasteiger partial charge in [-0.05, 0) is 32.6 Å². The van der Waals surface area contributed by atoms with Crippen molar-refractivity contribution in [3.63, 3.8) is 0 Å². The first-order valence-electron chi connectivity index (χ1n) is 7.45. The van der Waals surface area contributed by atoms with Crippen molar-refractivity contribution in [3.8, 4) is 0 Å². The number of hydrogen-bond donors (Lipinski definition) is 1. The molecule has 0 aliphatic carbocycles. The Morgan fingerprint density at radius 3 is 2.58 bits per heavy atom. The van der Waals surface area contributed by atoms with E-state index >= 15 is 0 Å². The second kappa shape index (κ2) is 7.25. The maximum absolute atomic E-state index is 11.5. The van der Waals surface area contributed by atoms with Gasteiger partial charge in [0.05, 0.1) is 18.6 Å². The Morgan fingerprint density at radius 2 is 2.05 bits per heavy atom. The molecule has 1 saturated heterocycles. The van der Waals surface area contributed by atoms with E-state index in [0.29, 0.717) is 6.04 Å². The number of ether oxygens (including phenoxy) is 2. The maximum atomic E-state index is 11.5. The highest BCUT2D eigenvalue weighted by molar-refractivity contribution is 5.72. The zero-order valence-electron chi connectivity index (χ0n) is 13.0. The second-order valence-electron chi connectivity index (χ2n) is 5.70. The van der Waals surface area contributed by atoms with Crippen molar-refractivity contribution in [1.29, 1.82) is 0 Å². The number of rotatable bonds is 6. The molecule has 0 spiro atoms. The Bertz CT molecular complexity index is 289. The highest BCUT2D eigenvalue weighted by Crippen LogP contribution is 2.31. The van der Waals surface area contributed by atoms with Gasteiger partial charge in [0.1, 0.15) is 0 Å². The van der Waals surface area contributed by atoms with Gasteiger partial charge in [0.25, 0.3) is 0 Å². The third-order valence-electron chi connectivity index (χ3n) is 4.60. The van der Waals surface area contributed by atoms with E-state index in [1.165, 1.54) is 7.11 Å². The topological polar surface area (TPSA) is 47.6 Å².